The largest absolute Gasteiger partial charge is 0.313 e. The molecule has 16 heavy (non-hydrogen) atoms. The molecule has 0 aliphatic carbocycles. The number of nitrogens with two attached hydrogens (primary N) is 1. The molecule has 2 rings (SSSR count). The number of quaternary nitrogens is 1. The van der Waals surface area contributed by atoms with E-state index in [-0.39, 0.29) is 0 Å². The zero-order chi connectivity index (χ0) is 12.0. The summed E-state index contributed by atoms with van der Waals surface area (Å²) >= 11 is 0. The fourth-order valence-corrected chi connectivity index (χ4v) is 1.43. The van der Waals surface area contributed by atoms with Crippen molar-refractivity contribution < 1.29 is 34.2 Å². The van der Waals surface area contributed by atoms with Crippen molar-refractivity contribution in [3.8, 4) is 0 Å². The fraction of sp³-hybridized carbons (Fsp3) is 0.200. The van der Waals surface area contributed by atoms with Crippen molar-refractivity contribution in [3.05, 3.63) is 42.0 Å². The van der Waals surface area contributed by atoms with Crippen molar-refractivity contribution in [2.75, 3.05) is 6.54 Å². The van der Waals surface area contributed by atoms with Gasteiger partial charge in [0.15, 0.2) is 0 Å². The van der Waals surface area contributed by atoms with Gasteiger partial charge in [0.2, 0.25) is 0 Å². The molecule has 0 atom stereocenters. The maximum Gasteiger partial charge on any atom is 0.133 e. The molecule has 0 saturated carbocycles. The molecular weight excluding hydrogens is 234 g/mol. The summed E-state index contributed by atoms with van der Waals surface area (Å²) in [6, 6.07) is 10.5. The molecule has 0 bridgehead atoms. The van der Waals surface area contributed by atoms with E-state index in [0.717, 1.165) is 0 Å². The second-order valence-electron chi connectivity index (χ2n) is 3.18. The maximum atomic E-state index is 8.49. The molecule has 0 fully saturated rings. The van der Waals surface area contributed by atoms with Crippen LogP contribution in [0.25, 0.3) is 5.70 Å². The highest BCUT2D eigenvalue weighted by Gasteiger charge is 2.09. The molecule has 0 spiro atoms. The lowest BCUT2D eigenvalue weighted by Crippen LogP contribution is -2.78. The molecule has 1 aromatic carbocycles. The summed E-state index contributed by atoms with van der Waals surface area (Å²) in [4.78, 5) is 0. The molecule has 1 heterocycles. The van der Waals surface area contributed by atoms with Crippen LogP contribution in [0.3, 0.4) is 0 Å². The van der Waals surface area contributed by atoms with Gasteiger partial charge in [0.05, 0.1) is 6.54 Å². The van der Waals surface area contributed by atoms with Gasteiger partial charge in [0.25, 0.3) is 0 Å². The van der Waals surface area contributed by atoms with Crippen LogP contribution in [0, 0.1) is 10.2 Å². The molecule has 88 valence electrons. The topological polar surface area (TPSA) is 109 Å². The van der Waals surface area contributed by atoms with E-state index in [4.69, 9.17) is 18.6 Å². The number of halogens is 1. The van der Waals surface area contributed by atoms with Gasteiger partial charge in [0, 0.05) is 12.0 Å². The van der Waals surface area contributed by atoms with Crippen molar-refractivity contribution in [2.45, 2.75) is 6.42 Å². The first-order valence-corrected chi connectivity index (χ1v) is 5.91. The first-order valence-electron chi connectivity index (χ1n) is 4.67. The normalized spacial score (nSPS) is 15.1. The minimum atomic E-state index is -4.94. The van der Waals surface area contributed by atoms with Crippen molar-refractivity contribution >= 4 is 5.70 Å². The third-order valence-electron chi connectivity index (χ3n) is 2.00. The van der Waals surface area contributed by atoms with E-state index in [1.807, 2.05) is 0 Å². The highest BCUT2D eigenvalue weighted by molar-refractivity contribution is 5.57. The summed E-state index contributed by atoms with van der Waals surface area (Å²) in [5.41, 5.74) is 2.76. The van der Waals surface area contributed by atoms with Crippen LogP contribution in [0.15, 0.2) is 36.4 Å². The number of hydrogen-bond donors (Lipinski definition) is 1. The van der Waals surface area contributed by atoms with Crippen molar-refractivity contribution in [1.82, 2.24) is 0 Å². The first kappa shape index (κ1) is 13.1. The van der Waals surface area contributed by atoms with Gasteiger partial charge < -0.3 is 5.32 Å². The van der Waals surface area contributed by atoms with Crippen LogP contribution in [-0.4, -0.2) is 6.54 Å². The Morgan fingerprint density at radius 3 is 2.00 bits per heavy atom. The van der Waals surface area contributed by atoms with Gasteiger partial charge >= 0.3 is 0 Å². The fourth-order valence-electron chi connectivity index (χ4n) is 1.43. The van der Waals surface area contributed by atoms with Crippen LogP contribution in [0.2, 0.25) is 0 Å². The SMILES string of the molecule is C1=C(c2ccccc2)[NH2+]CC1.[O-][Cl+3]([O-])([O-])[O-]. The molecule has 5 nitrogen and oxygen atoms in total. The number of hydrogen-bond acceptors (Lipinski definition) is 4. The quantitative estimate of drug-likeness (QED) is 0.548. The van der Waals surface area contributed by atoms with E-state index in [1.54, 1.807) is 0 Å². The predicted molar refractivity (Wildman–Crippen MR) is 45.8 cm³/mol. The average molecular weight is 246 g/mol. The molecular formula is C10H12ClNO4. The van der Waals surface area contributed by atoms with E-state index in [1.165, 1.54) is 24.2 Å². The number of benzene rings is 1. The lowest BCUT2D eigenvalue weighted by molar-refractivity contribution is -2.00. The van der Waals surface area contributed by atoms with Gasteiger partial charge in [-0.05, 0) is 18.2 Å². The average Bonchev–Trinajstić information content (AvgIpc) is 2.69. The van der Waals surface area contributed by atoms with Gasteiger partial charge in [-0.25, -0.2) is 18.6 Å². The van der Waals surface area contributed by atoms with Crippen molar-refractivity contribution in [3.63, 3.8) is 0 Å². The Bertz CT molecular complexity index is 342. The third-order valence-corrected chi connectivity index (χ3v) is 2.00. The zero-order valence-electron chi connectivity index (χ0n) is 8.47. The van der Waals surface area contributed by atoms with Gasteiger partial charge in [-0.3, -0.25) is 0 Å². The van der Waals surface area contributed by atoms with Gasteiger partial charge in [-0.1, -0.05) is 18.2 Å². The summed E-state index contributed by atoms with van der Waals surface area (Å²) < 4.78 is 34.0. The van der Waals surface area contributed by atoms with Crippen LogP contribution in [-0.2, 0) is 0 Å². The van der Waals surface area contributed by atoms with Crippen LogP contribution >= 0.6 is 0 Å². The molecule has 1 aliphatic heterocycles. The molecule has 0 saturated heterocycles. The summed E-state index contributed by atoms with van der Waals surface area (Å²) in [5.74, 6) is 0. The van der Waals surface area contributed by atoms with Gasteiger partial charge in [-0.15, -0.1) is 10.2 Å². The Morgan fingerprint density at radius 2 is 1.56 bits per heavy atom. The minimum Gasteiger partial charge on any atom is -0.313 e. The smallest absolute Gasteiger partial charge is 0.133 e. The number of rotatable bonds is 1. The van der Waals surface area contributed by atoms with E-state index in [2.05, 4.69) is 41.7 Å². The van der Waals surface area contributed by atoms with Crippen LogP contribution in [0.1, 0.15) is 12.0 Å². The van der Waals surface area contributed by atoms with Crippen molar-refractivity contribution in [1.29, 1.82) is 0 Å². The Balaban J connectivity index is 0.000000221. The Labute approximate surface area is 95.4 Å². The van der Waals surface area contributed by atoms with Gasteiger partial charge in [-0.2, -0.15) is 0 Å². The Hall–Kier alpha value is -0.950. The third kappa shape index (κ3) is 5.82. The summed E-state index contributed by atoms with van der Waals surface area (Å²) in [7, 11) is -4.94. The summed E-state index contributed by atoms with van der Waals surface area (Å²) in [6.45, 7) is 1.21. The van der Waals surface area contributed by atoms with Gasteiger partial charge in [0.1, 0.15) is 5.70 Å². The molecule has 0 radical (unpaired) electrons. The molecule has 1 aromatic rings. The molecule has 6 heteroatoms. The van der Waals surface area contributed by atoms with E-state index < -0.39 is 10.2 Å². The minimum absolute atomic E-state index is 1.21. The summed E-state index contributed by atoms with van der Waals surface area (Å²) in [6.07, 6.45) is 3.51. The van der Waals surface area contributed by atoms with E-state index in [9.17, 15) is 0 Å². The van der Waals surface area contributed by atoms with E-state index in [0.29, 0.717) is 0 Å². The van der Waals surface area contributed by atoms with Crippen LogP contribution in [0.5, 0.6) is 0 Å². The lowest BCUT2D eigenvalue weighted by atomic mass is 10.2. The monoisotopic (exact) mass is 245 g/mol. The Morgan fingerprint density at radius 1 is 1.00 bits per heavy atom. The van der Waals surface area contributed by atoms with Crippen molar-refractivity contribution in [2.24, 2.45) is 0 Å². The Kier molecular flexibility index (Phi) is 4.88. The van der Waals surface area contributed by atoms with Crippen LogP contribution < -0.4 is 24.0 Å². The van der Waals surface area contributed by atoms with Crippen LogP contribution in [0.4, 0.5) is 0 Å². The molecule has 0 amide bonds. The molecule has 0 unspecified atom stereocenters. The second kappa shape index (κ2) is 5.95. The highest BCUT2D eigenvalue weighted by atomic mass is 35.7. The predicted octanol–water partition coefficient (Wildman–Crippen LogP) is -3.76. The molecule has 2 N–H and O–H groups in total. The second-order valence-corrected chi connectivity index (χ2v) is 3.94. The summed E-state index contributed by atoms with van der Waals surface area (Å²) in [5, 5.41) is 2.30. The standard InChI is InChI=1S/C10H11N.ClHO4/c1-2-5-9(6-3-1)10-7-4-8-11-10;2-1(3,4)5/h1-3,5-7,11H,4,8H2;(H,2,3,4,5). The highest BCUT2D eigenvalue weighted by Crippen LogP contribution is 2.09. The maximum absolute atomic E-state index is 8.49. The molecule has 1 aliphatic rings. The van der Waals surface area contributed by atoms with E-state index >= 15 is 0 Å². The first-order chi connectivity index (χ1) is 7.47. The zero-order valence-corrected chi connectivity index (χ0v) is 9.22. The molecule has 0 aromatic heterocycles. The lowest BCUT2D eigenvalue weighted by Gasteiger charge is -2.17.